The summed E-state index contributed by atoms with van der Waals surface area (Å²) in [4.78, 5) is 0. The number of aliphatic hydroxyl groups is 2. The zero-order valence-corrected chi connectivity index (χ0v) is 15.0. The molecular weight excluding hydrogens is 288 g/mol. The Morgan fingerprint density at radius 1 is 1.30 bits per heavy atom. The molecule has 1 heterocycles. The average molecular weight is 320 g/mol. The fraction of sp³-hybridized carbons (Fsp3) is 0.700. The van der Waals surface area contributed by atoms with Gasteiger partial charge in [0.05, 0.1) is 23.9 Å². The van der Waals surface area contributed by atoms with Crippen molar-refractivity contribution < 1.29 is 14.9 Å². The highest BCUT2D eigenvalue weighted by molar-refractivity contribution is 5.14. The second kappa shape index (κ2) is 7.33. The Bertz CT molecular complexity index is 505. The summed E-state index contributed by atoms with van der Waals surface area (Å²) < 4.78 is 5.96. The highest BCUT2D eigenvalue weighted by Crippen LogP contribution is 2.45. The third kappa shape index (κ3) is 5.03. The van der Waals surface area contributed by atoms with E-state index >= 15 is 0 Å². The lowest BCUT2D eigenvalue weighted by atomic mass is 9.85. The van der Waals surface area contributed by atoms with E-state index in [2.05, 4.69) is 26.5 Å². The molecule has 3 heteroatoms. The number of hydrogen-bond acceptors (Lipinski definition) is 3. The first-order valence-electron chi connectivity index (χ1n) is 8.74. The lowest BCUT2D eigenvalue weighted by molar-refractivity contribution is 0.171. The highest BCUT2D eigenvalue weighted by atomic mass is 16.6. The van der Waals surface area contributed by atoms with Crippen molar-refractivity contribution in [1.29, 1.82) is 0 Å². The molecule has 0 aromatic heterocycles. The molecule has 1 saturated heterocycles. The second-order valence-corrected chi connectivity index (χ2v) is 7.72. The summed E-state index contributed by atoms with van der Waals surface area (Å²) in [6.07, 6.45) is 7.36. The lowest BCUT2D eigenvalue weighted by Crippen LogP contribution is -2.20. The lowest BCUT2D eigenvalue weighted by Gasteiger charge is -2.22. The van der Waals surface area contributed by atoms with E-state index in [1.165, 1.54) is 5.57 Å². The van der Waals surface area contributed by atoms with Crippen LogP contribution in [0.1, 0.15) is 59.8 Å². The summed E-state index contributed by atoms with van der Waals surface area (Å²) in [6.45, 7) is 12.3. The van der Waals surface area contributed by atoms with Gasteiger partial charge in [0.2, 0.25) is 0 Å². The number of epoxide rings is 1. The molecule has 0 unspecified atom stereocenters. The molecule has 5 atom stereocenters. The second-order valence-electron chi connectivity index (χ2n) is 7.72. The molecule has 2 rings (SSSR count). The Labute approximate surface area is 140 Å². The summed E-state index contributed by atoms with van der Waals surface area (Å²) >= 11 is 0. The number of fused-ring (bicyclic) bond motifs is 1. The minimum Gasteiger partial charge on any atom is -0.389 e. The minimum atomic E-state index is -0.538. The fourth-order valence-electron chi connectivity index (χ4n) is 3.51. The van der Waals surface area contributed by atoms with Crippen LogP contribution in [0.5, 0.6) is 0 Å². The van der Waals surface area contributed by atoms with Gasteiger partial charge in [-0.05, 0) is 71.3 Å². The highest BCUT2D eigenvalue weighted by Gasteiger charge is 2.51. The molecule has 0 bridgehead atoms. The largest absolute Gasteiger partial charge is 0.389 e. The van der Waals surface area contributed by atoms with Gasteiger partial charge in [-0.25, -0.2) is 0 Å². The van der Waals surface area contributed by atoms with E-state index in [-0.39, 0.29) is 17.6 Å². The Kier molecular flexibility index (Phi) is 5.88. The van der Waals surface area contributed by atoms with Crippen LogP contribution < -0.4 is 0 Å². The van der Waals surface area contributed by atoms with Gasteiger partial charge in [0.15, 0.2) is 0 Å². The van der Waals surface area contributed by atoms with Gasteiger partial charge in [0, 0.05) is 0 Å². The van der Waals surface area contributed by atoms with Gasteiger partial charge in [-0.2, -0.15) is 0 Å². The molecule has 0 saturated carbocycles. The van der Waals surface area contributed by atoms with Crippen LogP contribution in [0, 0.1) is 5.92 Å². The van der Waals surface area contributed by atoms with Crippen molar-refractivity contribution in [1.82, 2.24) is 0 Å². The van der Waals surface area contributed by atoms with Crippen LogP contribution in [0.15, 0.2) is 35.5 Å². The average Bonchev–Trinajstić information content (AvgIpc) is 3.06. The Morgan fingerprint density at radius 3 is 2.65 bits per heavy atom. The molecule has 2 aliphatic rings. The molecule has 0 amide bonds. The molecule has 1 aliphatic heterocycles. The summed E-state index contributed by atoms with van der Waals surface area (Å²) in [5, 5.41) is 20.7. The van der Waals surface area contributed by atoms with E-state index in [1.807, 2.05) is 13.8 Å². The Balaban J connectivity index is 2.18. The van der Waals surface area contributed by atoms with Crippen LogP contribution in [0.25, 0.3) is 0 Å². The number of allylic oxidation sites excluding steroid dienone is 2. The maximum absolute atomic E-state index is 10.5. The van der Waals surface area contributed by atoms with Gasteiger partial charge in [0.25, 0.3) is 0 Å². The van der Waals surface area contributed by atoms with Crippen LogP contribution in [0.3, 0.4) is 0 Å². The van der Waals surface area contributed by atoms with Crippen molar-refractivity contribution in [2.75, 3.05) is 0 Å². The standard InChI is InChI=1S/C20H32O3/c1-13(2)16-11-18(22)15(4)10-17(21)9-14(3)7-6-8-20(5)19(12-16)23-20/h7,10,16-19,21-22H,1,6,8-9,11-12H2,2-5H3/b14-7-,15-10-/t16-,17-,18+,19-,20-/m1/s1. The summed E-state index contributed by atoms with van der Waals surface area (Å²) in [5.41, 5.74) is 3.09. The van der Waals surface area contributed by atoms with Gasteiger partial charge in [-0.1, -0.05) is 29.9 Å². The zero-order chi connectivity index (χ0) is 17.2. The number of ether oxygens (including phenoxy) is 1. The SMILES string of the molecule is C=C(C)[C@@H]1C[C@H](O)/C(C)=C\[C@H](O)C/C(C)=C\CC[C@@]2(C)O[C@@H]2C1. The quantitative estimate of drug-likeness (QED) is 0.569. The molecule has 1 fully saturated rings. The van der Waals surface area contributed by atoms with Crippen LogP contribution in [0.4, 0.5) is 0 Å². The van der Waals surface area contributed by atoms with E-state index in [1.54, 1.807) is 6.08 Å². The molecule has 130 valence electrons. The van der Waals surface area contributed by atoms with E-state index in [4.69, 9.17) is 4.74 Å². The third-order valence-corrected chi connectivity index (χ3v) is 5.38. The number of aliphatic hydroxyl groups excluding tert-OH is 2. The van der Waals surface area contributed by atoms with Crippen molar-refractivity contribution in [3.63, 3.8) is 0 Å². The minimum absolute atomic E-state index is 0.0386. The fourth-order valence-corrected chi connectivity index (χ4v) is 3.51. The zero-order valence-electron chi connectivity index (χ0n) is 15.0. The van der Waals surface area contributed by atoms with E-state index < -0.39 is 12.2 Å². The summed E-state index contributed by atoms with van der Waals surface area (Å²) in [7, 11) is 0. The van der Waals surface area contributed by atoms with Gasteiger partial charge >= 0.3 is 0 Å². The smallest absolute Gasteiger partial charge is 0.0923 e. The third-order valence-electron chi connectivity index (χ3n) is 5.38. The van der Waals surface area contributed by atoms with Crippen LogP contribution >= 0.6 is 0 Å². The number of hydrogen-bond donors (Lipinski definition) is 2. The molecule has 0 aromatic carbocycles. The molecule has 0 aromatic rings. The van der Waals surface area contributed by atoms with Crippen LogP contribution in [-0.4, -0.2) is 34.1 Å². The molecule has 0 radical (unpaired) electrons. The summed E-state index contributed by atoms with van der Waals surface area (Å²) in [5.74, 6) is 0.248. The first-order valence-corrected chi connectivity index (χ1v) is 8.74. The first kappa shape index (κ1) is 18.4. The Hall–Kier alpha value is -0.900. The molecule has 3 nitrogen and oxygen atoms in total. The normalized spacial score (nSPS) is 44.1. The van der Waals surface area contributed by atoms with Gasteiger partial charge < -0.3 is 14.9 Å². The topological polar surface area (TPSA) is 53.0 Å². The van der Waals surface area contributed by atoms with Crippen molar-refractivity contribution in [2.45, 2.75) is 83.7 Å². The number of rotatable bonds is 1. The van der Waals surface area contributed by atoms with Crippen molar-refractivity contribution in [3.05, 3.63) is 35.5 Å². The maximum Gasteiger partial charge on any atom is 0.0923 e. The van der Waals surface area contributed by atoms with Crippen LogP contribution in [-0.2, 0) is 4.74 Å². The Morgan fingerprint density at radius 2 is 2.00 bits per heavy atom. The van der Waals surface area contributed by atoms with E-state index in [0.717, 1.165) is 30.4 Å². The van der Waals surface area contributed by atoms with Crippen LogP contribution in [0.2, 0.25) is 0 Å². The molecule has 23 heavy (non-hydrogen) atoms. The van der Waals surface area contributed by atoms with E-state index in [9.17, 15) is 10.2 Å². The predicted octanol–water partition coefficient (Wildman–Crippen LogP) is 3.91. The van der Waals surface area contributed by atoms with Gasteiger partial charge in [-0.15, -0.1) is 0 Å². The summed E-state index contributed by atoms with van der Waals surface area (Å²) in [6, 6.07) is 0. The van der Waals surface area contributed by atoms with Gasteiger partial charge in [-0.3, -0.25) is 0 Å². The predicted molar refractivity (Wildman–Crippen MR) is 94.2 cm³/mol. The molecular formula is C20H32O3. The monoisotopic (exact) mass is 320 g/mol. The van der Waals surface area contributed by atoms with Crippen molar-refractivity contribution in [3.8, 4) is 0 Å². The van der Waals surface area contributed by atoms with E-state index in [0.29, 0.717) is 12.8 Å². The maximum atomic E-state index is 10.5. The van der Waals surface area contributed by atoms with Gasteiger partial charge in [0.1, 0.15) is 0 Å². The molecule has 1 aliphatic carbocycles. The molecule has 0 spiro atoms. The molecule has 2 N–H and O–H groups in total. The van der Waals surface area contributed by atoms with Crippen molar-refractivity contribution in [2.24, 2.45) is 5.92 Å². The first-order chi connectivity index (χ1) is 10.7. The van der Waals surface area contributed by atoms with Crippen molar-refractivity contribution >= 4 is 0 Å².